The Morgan fingerprint density at radius 3 is 1.67 bits per heavy atom. The molecule has 0 aromatic carbocycles. The van der Waals surface area contributed by atoms with Gasteiger partial charge in [-0.05, 0) is 12.1 Å². The molecule has 9 heteroatoms. The normalized spacial score (nSPS) is 10.1. The maximum Gasteiger partial charge on any atom is 1.00 e. The minimum Gasteiger partial charge on any atom is -0.550 e. The van der Waals surface area contributed by atoms with Crippen LogP contribution in [0.15, 0.2) is 47.2 Å². The van der Waals surface area contributed by atoms with Crippen LogP contribution in [0.25, 0.3) is 0 Å². The number of hydrogen-bond acceptors (Lipinski definition) is 8. The zero-order valence-electron chi connectivity index (χ0n) is 11.4. The average molecular weight is 346 g/mol. The van der Waals surface area contributed by atoms with Gasteiger partial charge in [-0.15, -0.1) is 0 Å². The summed E-state index contributed by atoms with van der Waals surface area (Å²) in [6, 6.07) is 3.42. The number of aliphatic carboxylic acids is 1. The number of carboxylic acid groups (broad SMARTS) is 1. The maximum absolute atomic E-state index is 11.1. The summed E-state index contributed by atoms with van der Waals surface area (Å²) in [5.74, 6) is -0.993. The van der Waals surface area contributed by atoms with Crippen LogP contribution in [-0.2, 0) is 4.79 Å². The van der Waals surface area contributed by atoms with Gasteiger partial charge in [0.2, 0.25) is 0 Å². The molecule has 0 fully saturated rings. The molecule has 2 rings (SSSR count). The van der Waals surface area contributed by atoms with E-state index in [1.165, 1.54) is 23.5 Å². The second-order valence-corrected chi connectivity index (χ2v) is 5.68. The van der Waals surface area contributed by atoms with Crippen LogP contribution in [0.5, 0.6) is 0 Å². The molecule has 21 heavy (non-hydrogen) atoms. The number of aromatic nitrogens is 4. The van der Waals surface area contributed by atoms with Gasteiger partial charge in [-0.3, -0.25) is 0 Å². The second kappa shape index (κ2) is 10.7. The summed E-state index contributed by atoms with van der Waals surface area (Å²) in [7, 11) is 0. The topological polar surface area (TPSA) is 91.7 Å². The van der Waals surface area contributed by atoms with Crippen molar-refractivity contribution in [3.63, 3.8) is 0 Å². The van der Waals surface area contributed by atoms with Crippen LogP contribution in [0.1, 0.15) is 0 Å². The number of hydrogen-bond donors (Lipinski definition) is 0. The Bertz CT molecular complexity index is 504. The zero-order chi connectivity index (χ0) is 14.2. The average Bonchev–Trinajstić information content (AvgIpc) is 2.49. The van der Waals surface area contributed by atoms with E-state index in [1.54, 1.807) is 36.9 Å². The van der Waals surface area contributed by atoms with E-state index < -0.39 is 11.9 Å². The van der Waals surface area contributed by atoms with Crippen molar-refractivity contribution in [2.75, 3.05) is 11.5 Å². The zero-order valence-corrected chi connectivity index (χ0v) is 16.1. The van der Waals surface area contributed by atoms with E-state index >= 15 is 0 Å². The van der Waals surface area contributed by atoms with Crippen LogP contribution in [-0.4, -0.2) is 37.4 Å². The van der Waals surface area contributed by atoms with E-state index in [-0.39, 0.29) is 51.4 Å². The van der Waals surface area contributed by atoms with Crippen molar-refractivity contribution in [2.45, 2.75) is 10.3 Å². The first kappa shape index (κ1) is 19.0. The van der Waals surface area contributed by atoms with E-state index in [4.69, 9.17) is 0 Å². The molecule has 0 aliphatic rings. The third kappa shape index (κ3) is 7.18. The Morgan fingerprint density at radius 2 is 1.33 bits per heavy atom. The molecule has 2 aromatic rings. The number of carbonyl (C=O) groups is 1. The maximum atomic E-state index is 11.1. The van der Waals surface area contributed by atoms with Gasteiger partial charge in [-0.2, -0.15) is 0 Å². The summed E-state index contributed by atoms with van der Waals surface area (Å²) in [4.78, 5) is 27.3. The molecule has 0 amide bonds. The minimum absolute atomic E-state index is 0. The Morgan fingerprint density at radius 1 is 0.952 bits per heavy atom. The largest absolute Gasteiger partial charge is 1.00 e. The first-order chi connectivity index (χ1) is 9.75. The fraction of sp³-hybridized carbons (Fsp3) is 0.250. The molecule has 0 saturated heterocycles. The molecule has 2 heterocycles. The Hall–Kier alpha value is -0.0336. The molecular weight excluding hydrogens is 335 g/mol. The smallest absolute Gasteiger partial charge is 0.550 e. The van der Waals surface area contributed by atoms with E-state index in [0.29, 0.717) is 21.8 Å². The van der Waals surface area contributed by atoms with E-state index in [1.807, 2.05) is 0 Å². The molecule has 0 unspecified atom stereocenters. The van der Waals surface area contributed by atoms with Crippen LogP contribution in [0, 0.1) is 5.92 Å². The third-order valence-corrected chi connectivity index (χ3v) is 4.32. The molecule has 0 aliphatic heterocycles. The van der Waals surface area contributed by atoms with Gasteiger partial charge in [0.25, 0.3) is 0 Å². The SMILES string of the molecule is O=C([O-])C(CSc1ncccn1)CSc1ncccn1.[K+]. The molecule has 0 N–H and O–H groups in total. The Balaban J connectivity index is 0.00000220. The van der Waals surface area contributed by atoms with Crippen molar-refractivity contribution in [2.24, 2.45) is 5.92 Å². The van der Waals surface area contributed by atoms with Crippen molar-refractivity contribution in [3.05, 3.63) is 36.9 Å². The van der Waals surface area contributed by atoms with Crippen LogP contribution in [0.3, 0.4) is 0 Å². The van der Waals surface area contributed by atoms with Gasteiger partial charge in [0.05, 0.1) is 0 Å². The molecule has 0 saturated carbocycles. The van der Waals surface area contributed by atoms with Crippen molar-refractivity contribution >= 4 is 29.5 Å². The van der Waals surface area contributed by atoms with Crippen LogP contribution in [0.2, 0.25) is 0 Å². The molecule has 0 spiro atoms. The standard InChI is InChI=1S/C12H12N4O2S2.K/c17-10(18)9(7-19-11-13-3-1-4-14-11)8-20-12-15-5-2-6-16-12;/h1-6,9H,7-8H2,(H,17,18);/q;+1/p-1. The van der Waals surface area contributed by atoms with Crippen LogP contribution >= 0.6 is 23.5 Å². The number of thioether (sulfide) groups is 2. The summed E-state index contributed by atoms with van der Waals surface area (Å²) in [5.41, 5.74) is 0. The molecule has 0 bridgehead atoms. The van der Waals surface area contributed by atoms with Crippen LogP contribution in [0.4, 0.5) is 0 Å². The molecule has 0 atom stereocenters. The minimum atomic E-state index is -1.09. The van der Waals surface area contributed by atoms with Gasteiger partial charge in [-0.1, -0.05) is 23.5 Å². The van der Waals surface area contributed by atoms with E-state index in [2.05, 4.69) is 19.9 Å². The van der Waals surface area contributed by atoms with E-state index in [0.717, 1.165) is 0 Å². The van der Waals surface area contributed by atoms with Crippen molar-refractivity contribution in [1.29, 1.82) is 0 Å². The predicted molar refractivity (Wildman–Crippen MR) is 74.0 cm³/mol. The monoisotopic (exact) mass is 346 g/mol. The molecule has 2 aromatic heterocycles. The third-order valence-electron chi connectivity index (χ3n) is 2.24. The van der Waals surface area contributed by atoms with Crippen molar-refractivity contribution in [3.8, 4) is 0 Å². The van der Waals surface area contributed by atoms with Crippen molar-refractivity contribution in [1.82, 2.24) is 19.9 Å². The van der Waals surface area contributed by atoms with Gasteiger partial charge in [0.15, 0.2) is 10.3 Å². The number of nitrogens with zero attached hydrogens (tertiary/aromatic N) is 4. The van der Waals surface area contributed by atoms with Gasteiger partial charge in [0.1, 0.15) is 0 Å². The van der Waals surface area contributed by atoms with Crippen LogP contribution < -0.4 is 56.5 Å². The summed E-state index contributed by atoms with van der Waals surface area (Å²) in [6.07, 6.45) is 6.48. The van der Waals surface area contributed by atoms with Gasteiger partial charge in [0, 0.05) is 48.2 Å². The fourth-order valence-corrected chi connectivity index (χ4v) is 3.15. The molecule has 104 valence electrons. The number of rotatable bonds is 7. The number of carbonyl (C=O) groups excluding carboxylic acids is 1. The quantitative estimate of drug-likeness (QED) is 0.309. The van der Waals surface area contributed by atoms with E-state index in [9.17, 15) is 9.90 Å². The predicted octanol–water partition coefficient (Wildman–Crippen LogP) is -2.48. The fourth-order valence-electron chi connectivity index (χ4n) is 1.25. The molecular formula is C12H11KN4O2S2. The summed E-state index contributed by atoms with van der Waals surface area (Å²) >= 11 is 2.59. The first-order valence-corrected chi connectivity index (χ1v) is 7.73. The van der Waals surface area contributed by atoms with Gasteiger partial charge in [-0.25, -0.2) is 19.9 Å². The summed E-state index contributed by atoms with van der Waals surface area (Å²) in [5, 5.41) is 12.2. The Kier molecular flexibility index (Phi) is 9.64. The molecule has 0 aliphatic carbocycles. The Labute approximate surface area is 173 Å². The molecule has 6 nitrogen and oxygen atoms in total. The van der Waals surface area contributed by atoms with Crippen molar-refractivity contribution < 1.29 is 61.3 Å². The van der Waals surface area contributed by atoms with Gasteiger partial charge >= 0.3 is 51.4 Å². The first-order valence-electron chi connectivity index (χ1n) is 5.76. The summed E-state index contributed by atoms with van der Waals surface area (Å²) < 4.78 is 0. The summed E-state index contributed by atoms with van der Waals surface area (Å²) in [6.45, 7) is 0. The molecule has 0 radical (unpaired) electrons. The second-order valence-electron chi connectivity index (χ2n) is 3.70. The van der Waals surface area contributed by atoms with Gasteiger partial charge < -0.3 is 9.90 Å². The number of carboxylic acids is 1.